The van der Waals surface area contributed by atoms with Crippen molar-refractivity contribution < 1.29 is 14.2 Å². The highest BCUT2D eigenvalue weighted by atomic mass is 19.1. The van der Waals surface area contributed by atoms with E-state index in [4.69, 9.17) is 4.74 Å². The molecule has 1 aromatic carbocycles. The second-order valence-corrected chi connectivity index (χ2v) is 6.48. The van der Waals surface area contributed by atoms with E-state index < -0.39 is 11.9 Å². The molecule has 146 valence electrons. The molecule has 3 rings (SSSR count). The van der Waals surface area contributed by atoms with Crippen LogP contribution in [0.4, 0.5) is 4.39 Å². The maximum absolute atomic E-state index is 13.8. The molecule has 1 aliphatic heterocycles. The van der Waals surface area contributed by atoms with Gasteiger partial charge in [0.2, 0.25) is 0 Å². The van der Waals surface area contributed by atoms with Gasteiger partial charge >= 0.3 is 0 Å². The van der Waals surface area contributed by atoms with Crippen LogP contribution in [0.5, 0.6) is 0 Å². The van der Waals surface area contributed by atoms with Crippen molar-refractivity contribution in [1.82, 2.24) is 20.0 Å². The number of aliphatic hydroxyl groups excluding tert-OH is 1. The van der Waals surface area contributed by atoms with Crippen molar-refractivity contribution in [1.29, 1.82) is 0 Å². The van der Waals surface area contributed by atoms with Gasteiger partial charge in [0.25, 0.3) is 0 Å². The van der Waals surface area contributed by atoms with Crippen LogP contribution in [0.15, 0.2) is 41.7 Å². The number of hydrogen-bond acceptors (Lipinski definition) is 4. The number of morpholine rings is 1. The summed E-state index contributed by atoms with van der Waals surface area (Å²) in [6, 6.07) is 6.23. The highest BCUT2D eigenvalue weighted by Gasteiger charge is 2.25. The van der Waals surface area contributed by atoms with Crippen LogP contribution in [0.1, 0.15) is 30.3 Å². The Balaban J connectivity index is 1.70. The Kier molecular flexibility index (Phi) is 6.41. The molecular weight excluding hydrogens is 349 g/mol. The third-order valence-corrected chi connectivity index (χ3v) is 4.48. The van der Waals surface area contributed by atoms with Gasteiger partial charge in [0.15, 0.2) is 5.96 Å². The lowest BCUT2D eigenvalue weighted by molar-refractivity contribution is -0.00811. The number of nitrogens with one attached hydrogen (secondary N) is 1. The van der Waals surface area contributed by atoms with Crippen molar-refractivity contribution in [2.75, 3.05) is 32.8 Å². The van der Waals surface area contributed by atoms with Crippen LogP contribution in [0.25, 0.3) is 0 Å². The fourth-order valence-corrected chi connectivity index (χ4v) is 3.09. The van der Waals surface area contributed by atoms with Gasteiger partial charge in [-0.3, -0.25) is 9.67 Å². The highest BCUT2D eigenvalue weighted by Crippen LogP contribution is 2.22. The summed E-state index contributed by atoms with van der Waals surface area (Å²) in [7, 11) is 1.87. The first-order chi connectivity index (χ1) is 13.1. The van der Waals surface area contributed by atoms with Crippen molar-refractivity contribution in [3.63, 3.8) is 0 Å². The summed E-state index contributed by atoms with van der Waals surface area (Å²) in [5.41, 5.74) is 1.27. The number of aromatic nitrogens is 2. The number of benzene rings is 1. The Morgan fingerprint density at radius 1 is 1.48 bits per heavy atom. The normalized spacial score (nSPS) is 19.2. The minimum atomic E-state index is -0.991. The SMILES string of the molecule is CCNC(=NCC(O)c1ccccc1F)N1CCOC(c2cnn(C)c2)C1. The molecule has 0 radical (unpaired) electrons. The summed E-state index contributed by atoms with van der Waals surface area (Å²) >= 11 is 0. The first kappa shape index (κ1) is 19.3. The molecule has 1 saturated heterocycles. The van der Waals surface area contributed by atoms with Crippen LogP contribution in [-0.2, 0) is 11.8 Å². The molecule has 2 atom stereocenters. The second-order valence-electron chi connectivity index (χ2n) is 6.48. The van der Waals surface area contributed by atoms with E-state index in [1.807, 2.05) is 20.2 Å². The summed E-state index contributed by atoms with van der Waals surface area (Å²) < 4.78 is 21.5. The lowest BCUT2D eigenvalue weighted by Gasteiger charge is -2.35. The van der Waals surface area contributed by atoms with Crippen LogP contribution in [0.2, 0.25) is 0 Å². The van der Waals surface area contributed by atoms with Gasteiger partial charge < -0.3 is 20.1 Å². The number of aliphatic imine (C=N–C) groups is 1. The number of ether oxygens (including phenoxy) is 1. The molecule has 0 bridgehead atoms. The van der Waals surface area contributed by atoms with Crippen molar-refractivity contribution in [3.05, 3.63) is 53.6 Å². The first-order valence-corrected chi connectivity index (χ1v) is 9.14. The molecule has 0 saturated carbocycles. The van der Waals surface area contributed by atoms with Crippen LogP contribution in [-0.4, -0.2) is 58.5 Å². The van der Waals surface area contributed by atoms with Crippen molar-refractivity contribution in [2.45, 2.75) is 19.1 Å². The van der Waals surface area contributed by atoms with Crippen LogP contribution >= 0.6 is 0 Å². The molecule has 0 aliphatic carbocycles. The van der Waals surface area contributed by atoms with Gasteiger partial charge in [0, 0.05) is 37.5 Å². The smallest absolute Gasteiger partial charge is 0.194 e. The predicted octanol–water partition coefficient (Wildman–Crippen LogP) is 1.63. The second kappa shape index (κ2) is 8.96. The quantitative estimate of drug-likeness (QED) is 0.614. The molecule has 2 N–H and O–H groups in total. The Labute approximate surface area is 158 Å². The summed E-state index contributed by atoms with van der Waals surface area (Å²) in [5, 5.41) is 17.8. The van der Waals surface area contributed by atoms with Crippen LogP contribution in [0.3, 0.4) is 0 Å². The van der Waals surface area contributed by atoms with Gasteiger partial charge in [-0.25, -0.2) is 4.39 Å². The van der Waals surface area contributed by atoms with Crippen LogP contribution < -0.4 is 5.32 Å². The Bertz CT molecular complexity index is 779. The Morgan fingerprint density at radius 2 is 2.30 bits per heavy atom. The van der Waals surface area contributed by atoms with Crippen LogP contribution in [0, 0.1) is 5.82 Å². The van der Waals surface area contributed by atoms with E-state index in [1.165, 1.54) is 6.07 Å². The average Bonchev–Trinajstić information content (AvgIpc) is 3.12. The summed E-state index contributed by atoms with van der Waals surface area (Å²) in [5.74, 6) is 0.262. The lowest BCUT2D eigenvalue weighted by Crippen LogP contribution is -2.48. The topological polar surface area (TPSA) is 74.9 Å². The lowest BCUT2D eigenvalue weighted by atomic mass is 10.1. The molecule has 7 nitrogen and oxygen atoms in total. The van der Waals surface area contributed by atoms with Gasteiger partial charge in [-0.15, -0.1) is 0 Å². The van der Waals surface area contributed by atoms with Crippen molar-refractivity contribution in [3.8, 4) is 0 Å². The number of rotatable bonds is 5. The average molecular weight is 375 g/mol. The fourth-order valence-electron chi connectivity index (χ4n) is 3.09. The number of halogens is 1. The number of aliphatic hydroxyl groups is 1. The first-order valence-electron chi connectivity index (χ1n) is 9.14. The summed E-state index contributed by atoms with van der Waals surface area (Å²) in [4.78, 5) is 6.62. The zero-order chi connectivity index (χ0) is 19.2. The number of guanidine groups is 1. The molecule has 1 fully saturated rings. The highest BCUT2D eigenvalue weighted by molar-refractivity contribution is 5.80. The maximum atomic E-state index is 13.8. The van der Waals surface area contributed by atoms with E-state index in [2.05, 4.69) is 20.3 Å². The predicted molar refractivity (Wildman–Crippen MR) is 101 cm³/mol. The largest absolute Gasteiger partial charge is 0.386 e. The molecule has 2 unspecified atom stereocenters. The van der Waals surface area contributed by atoms with E-state index in [1.54, 1.807) is 29.1 Å². The number of aryl methyl sites for hydroxylation is 1. The molecular formula is C19H26FN5O2. The third kappa shape index (κ3) is 4.84. The number of hydrogen-bond donors (Lipinski definition) is 2. The standard InChI is InChI=1S/C19H26FN5O2/c1-3-21-19(22-11-17(26)15-6-4-5-7-16(15)20)25-8-9-27-18(13-25)14-10-23-24(2)12-14/h4-7,10,12,17-18,26H,3,8-9,11,13H2,1-2H3,(H,21,22). The van der Waals surface area contributed by atoms with Gasteiger partial charge in [0.1, 0.15) is 18.0 Å². The molecule has 1 aliphatic rings. The minimum absolute atomic E-state index is 0.0815. The van der Waals surface area contributed by atoms with Gasteiger partial charge in [-0.1, -0.05) is 18.2 Å². The van der Waals surface area contributed by atoms with Crippen molar-refractivity contribution >= 4 is 5.96 Å². The zero-order valence-corrected chi connectivity index (χ0v) is 15.7. The third-order valence-electron chi connectivity index (χ3n) is 4.48. The van der Waals surface area contributed by atoms with E-state index >= 15 is 0 Å². The molecule has 27 heavy (non-hydrogen) atoms. The Morgan fingerprint density at radius 3 is 3.00 bits per heavy atom. The Hall–Kier alpha value is -2.45. The van der Waals surface area contributed by atoms with Gasteiger partial charge in [0.05, 0.1) is 25.9 Å². The van der Waals surface area contributed by atoms with E-state index in [0.29, 0.717) is 32.2 Å². The molecule has 8 heteroatoms. The van der Waals surface area contributed by atoms with Crippen molar-refractivity contribution in [2.24, 2.45) is 12.0 Å². The van der Waals surface area contributed by atoms with Gasteiger partial charge in [-0.2, -0.15) is 5.10 Å². The fraction of sp³-hybridized carbons (Fsp3) is 0.474. The van der Waals surface area contributed by atoms with Gasteiger partial charge in [-0.05, 0) is 13.0 Å². The molecule has 2 aromatic rings. The monoisotopic (exact) mass is 375 g/mol. The molecule has 0 amide bonds. The molecule has 0 spiro atoms. The summed E-state index contributed by atoms with van der Waals surface area (Å²) in [6.45, 7) is 4.66. The van der Waals surface area contributed by atoms with E-state index in [0.717, 1.165) is 5.56 Å². The minimum Gasteiger partial charge on any atom is -0.386 e. The zero-order valence-electron chi connectivity index (χ0n) is 15.7. The maximum Gasteiger partial charge on any atom is 0.194 e. The molecule has 2 heterocycles. The van der Waals surface area contributed by atoms with E-state index in [9.17, 15) is 9.50 Å². The molecule has 1 aromatic heterocycles. The van der Waals surface area contributed by atoms with E-state index in [-0.39, 0.29) is 18.2 Å². The number of nitrogens with zero attached hydrogens (tertiary/aromatic N) is 4. The summed E-state index contributed by atoms with van der Waals surface area (Å²) in [6.07, 6.45) is 2.67.